The molecule has 146 valence electrons. The maximum absolute atomic E-state index is 14.4. The van der Waals surface area contributed by atoms with Crippen molar-refractivity contribution in [3.63, 3.8) is 0 Å². The minimum atomic E-state index is -0.483. The van der Waals surface area contributed by atoms with Crippen LogP contribution in [0.5, 0.6) is 0 Å². The Labute approximate surface area is 173 Å². The molecule has 2 unspecified atom stereocenters. The standard InChI is InChI=1S/C23H21FN4S/c24-19-12-15(4-5-16(19)13-25)18-2-1-3-21(23(18)22-7-10-27-29-22)28-11-8-20-17(14-28)6-9-26-20/h1-5,7,10,12,17,20,26H,6,8-9,11,14H2. The normalized spacial score (nSPS) is 21.0. The van der Waals surface area contributed by atoms with Crippen molar-refractivity contribution in [2.45, 2.75) is 18.9 Å². The summed E-state index contributed by atoms with van der Waals surface area (Å²) in [4.78, 5) is 3.55. The van der Waals surface area contributed by atoms with Crippen LogP contribution in [0.1, 0.15) is 18.4 Å². The molecule has 0 radical (unpaired) electrons. The average molecular weight is 405 g/mol. The molecule has 2 aromatic carbocycles. The number of rotatable bonds is 3. The zero-order valence-corrected chi connectivity index (χ0v) is 16.8. The Morgan fingerprint density at radius 3 is 2.93 bits per heavy atom. The molecule has 2 aliphatic rings. The van der Waals surface area contributed by atoms with Gasteiger partial charge in [0.25, 0.3) is 0 Å². The third-order valence-electron chi connectivity index (χ3n) is 6.12. The van der Waals surface area contributed by atoms with Crippen molar-refractivity contribution in [1.29, 1.82) is 5.26 Å². The largest absolute Gasteiger partial charge is 0.371 e. The van der Waals surface area contributed by atoms with Gasteiger partial charge in [-0.05, 0) is 72.2 Å². The number of nitriles is 1. The van der Waals surface area contributed by atoms with Gasteiger partial charge in [0.1, 0.15) is 11.9 Å². The van der Waals surface area contributed by atoms with Crippen molar-refractivity contribution in [1.82, 2.24) is 9.69 Å². The molecule has 0 spiro atoms. The van der Waals surface area contributed by atoms with Crippen molar-refractivity contribution in [2.75, 3.05) is 24.5 Å². The van der Waals surface area contributed by atoms with Crippen LogP contribution in [0.15, 0.2) is 48.7 Å². The Balaban J connectivity index is 1.62. The van der Waals surface area contributed by atoms with Crippen LogP contribution in [0.3, 0.4) is 0 Å². The smallest absolute Gasteiger partial charge is 0.141 e. The lowest BCUT2D eigenvalue weighted by Crippen LogP contribution is -2.44. The fourth-order valence-electron chi connectivity index (χ4n) is 4.69. The van der Waals surface area contributed by atoms with Gasteiger partial charge in [0.05, 0.1) is 10.4 Å². The van der Waals surface area contributed by atoms with Crippen LogP contribution in [-0.4, -0.2) is 30.0 Å². The summed E-state index contributed by atoms with van der Waals surface area (Å²) in [5.74, 6) is 0.192. The van der Waals surface area contributed by atoms with E-state index >= 15 is 0 Å². The van der Waals surface area contributed by atoms with E-state index < -0.39 is 5.82 Å². The van der Waals surface area contributed by atoms with E-state index in [4.69, 9.17) is 5.26 Å². The van der Waals surface area contributed by atoms with E-state index in [-0.39, 0.29) is 5.56 Å². The first kappa shape index (κ1) is 18.3. The molecule has 5 rings (SSSR count). The Morgan fingerprint density at radius 2 is 2.14 bits per heavy atom. The number of nitrogens with one attached hydrogen (secondary N) is 1. The van der Waals surface area contributed by atoms with Crippen LogP contribution in [0, 0.1) is 23.1 Å². The molecule has 0 bridgehead atoms. The van der Waals surface area contributed by atoms with Gasteiger partial charge < -0.3 is 10.2 Å². The summed E-state index contributed by atoms with van der Waals surface area (Å²) in [7, 11) is 0. The van der Waals surface area contributed by atoms with Gasteiger partial charge in [-0.2, -0.15) is 5.26 Å². The third-order valence-corrected chi connectivity index (χ3v) is 6.89. The fraction of sp³-hybridized carbons (Fsp3) is 0.304. The third kappa shape index (κ3) is 3.31. The van der Waals surface area contributed by atoms with Crippen LogP contribution in [-0.2, 0) is 0 Å². The highest BCUT2D eigenvalue weighted by Crippen LogP contribution is 2.42. The first-order valence-electron chi connectivity index (χ1n) is 9.97. The second-order valence-corrected chi connectivity index (χ2v) is 8.56. The number of nitrogens with zero attached hydrogens (tertiary/aromatic N) is 3. The first-order chi connectivity index (χ1) is 14.2. The molecule has 29 heavy (non-hydrogen) atoms. The summed E-state index contributed by atoms with van der Waals surface area (Å²) < 4.78 is 18.7. The zero-order valence-electron chi connectivity index (χ0n) is 15.9. The van der Waals surface area contributed by atoms with Crippen molar-refractivity contribution in [3.8, 4) is 27.6 Å². The van der Waals surface area contributed by atoms with E-state index in [0.717, 1.165) is 47.6 Å². The second kappa shape index (κ2) is 7.58. The molecule has 2 fully saturated rings. The van der Waals surface area contributed by atoms with Crippen LogP contribution in [0.4, 0.5) is 10.1 Å². The molecule has 3 aromatic rings. The number of benzene rings is 2. The van der Waals surface area contributed by atoms with Crippen molar-refractivity contribution >= 4 is 17.2 Å². The topological polar surface area (TPSA) is 52.0 Å². The van der Waals surface area contributed by atoms with Crippen LogP contribution in [0.25, 0.3) is 21.6 Å². The molecule has 1 aromatic heterocycles. The highest BCUT2D eigenvalue weighted by Gasteiger charge is 2.33. The van der Waals surface area contributed by atoms with Gasteiger partial charge >= 0.3 is 0 Å². The summed E-state index contributed by atoms with van der Waals surface area (Å²) in [5.41, 5.74) is 4.11. The summed E-state index contributed by atoms with van der Waals surface area (Å²) in [6.45, 7) is 3.15. The molecule has 2 aliphatic heterocycles. The number of piperidine rings is 1. The Kier molecular flexibility index (Phi) is 4.78. The summed E-state index contributed by atoms with van der Waals surface area (Å²) in [5, 5.41) is 12.7. The minimum absolute atomic E-state index is 0.0695. The lowest BCUT2D eigenvalue weighted by atomic mass is 9.91. The lowest BCUT2D eigenvalue weighted by Gasteiger charge is -2.37. The monoisotopic (exact) mass is 404 g/mol. The van der Waals surface area contributed by atoms with E-state index in [1.807, 2.05) is 36.5 Å². The number of anilines is 1. The zero-order chi connectivity index (χ0) is 19.8. The summed E-state index contributed by atoms with van der Waals surface area (Å²) >= 11 is 1.46. The second-order valence-electron chi connectivity index (χ2n) is 7.73. The Bertz CT molecular complexity index is 1070. The van der Waals surface area contributed by atoms with Gasteiger partial charge in [0.2, 0.25) is 0 Å². The fourth-order valence-corrected chi connectivity index (χ4v) is 5.35. The maximum Gasteiger partial charge on any atom is 0.141 e. The van der Waals surface area contributed by atoms with E-state index in [2.05, 4.69) is 20.7 Å². The molecular weight excluding hydrogens is 383 g/mol. The first-order valence-corrected chi connectivity index (χ1v) is 10.7. The van der Waals surface area contributed by atoms with Gasteiger partial charge in [0.15, 0.2) is 0 Å². The Hall–Kier alpha value is -2.75. The van der Waals surface area contributed by atoms with Crippen LogP contribution in [0.2, 0.25) is 0 Å². The molecule has 4 nitrogen and oxygen atoms in total. The van der Waals surface area contributed by atoms with Gasteiger partial charge in [-0.25, -0.2) is 8.76 Å². The molecule has 0 saturated carbocycles. The molecule has 0 amide bonds. The quantitative estimate of drug-likeness (QED) is 0.689. The predicted octanol–water partition coefficient (Wildman–Crippen LogP) is 4.68. The molecule has 1 N–H and O–H groups in total. The van der Waals surface area contributed by atoms with Crippen molar-refractivity contribution < 1.29 is 4.39 Å². The number of hydrogen-bond donors (Lipinski definition) is 1. The molecule has 2 saturated heterocycles. The van der Waals surface area contributed by atoms with Crippen molar-refractivity contribution in [2.24, 2.45) is 5.92 Å². The molecule has 0 aliphatic carbocycles. The van der Waals surface area contributed by atoms with Gasteiger partial charge in [0, 0.05) is 36.6 Å². The molecule has 3 heterocycles. The van der Waals surface area contributed by atoms with E-state index in [1.165, 1.54) is 29.7 Å². The molecule has 2 atom stereocenters. The summed E-state index contributed by atoms with van der Waals surface area (Å²) in [6, 6.07) is 15.7. The minimum Gasteiger partial charge on any atom is -0.371 e. The summed E-state index contributed by atoms with van der Waals surface area (Å²) in [6.07, 6.45) is 4.17. The highest BCUT2D eigenvalue weighted by molar-refractivity contribution is 7.09. The van der Waals surface area contributed by atoms with Gasteiger partial charge in [-0.15, -0.1) is 0 Å². The van der Waals surface area contributed by atoms with Gasteiger partial charge in [-0.1, -0.05) is 18.2 Å². The lowest BCUT2D eigenvalue weighted by molar-refractivity contribution is 0.376. The number of halogens is 1. The molecule has 6 heteroatoms. The SMILES string of the molecule is N#Cc1ccc(-c2cccc(N3CCC4NCCC4C3)c2-c2ccns2)cc1F. The van der Waals surface area contributed by atoms with E-state index in [9.17, 15) is 4.39 Å². The van der Waals surface area contributed by atoms with Crippen LogP contribution < -0.4 is 10.2 Å². The number of aromatic nitrogens is 1. The van der Waals surface area contributed by atoms with E-state index in [1.54, 1.807) is 6.07 Å². The predicted molar refractivity (Wildman–Crippen MR) is 114 cm³/mol. The van der Waals surface area contributed by atoms with Crippen molar-refractivity contribution in [3.05, 3.63) is 60.0 Å². The average Bonchev–Trinajstić information content (AvgIpc) is 3.44. The maximum atomic E-state index is 14.4. The number of hydrogen-bond acceptors (Lipinski definition) is 5. The molecular formula is C23H21FN4S. The van der Waals surface area contributed by atoms with Gasteiger partial charge in [-0.3, -0.25) is 0 Å². The Morgan fingerprint density at radius 1 is 1.21 bits per heavy atom. The van der Waals surface area contributed by atoms with E-state index in [0.29, 0.717) is 12.0 Å². The van der Waals surface area contributed by atoms with Crippen LogP contribution >= 0.6 is 11.5 Å². The number of fused-ring (bicyclic) bond motifs is 1. The highest BCUT2D eigenvalue weighted by atomic mass is 32.1.